The zero-order valence-electron chi connectivity index (χ0n) is 18.9. The highest BCUT2D eigenvalue weighted by Gasteiger charge is 2.13. The Morgan fingerprint density at radius 2 is 1.48 bits per heavy atom. The molecule has 0 saturated heterocycles. The van der Waals surface area contributed by atoms with Gasteiger partial charge in [0.1, 0.15) is 0 Å². The van der Waals surface area contributed by atoms with Crippen molar-refractivity contribution in [1.82, 2.24) is 10.0 Å². The van der Waals surface area contributed by atoms with Gasteiger partial charge in [0.05, 0.1) is 19.1 Å². The maximum absolute atomic E-state index is 12.4. The molecular formula is C25H28N2O5S. The van der Waals surface area contributed by atoms with E-state index in [1.54, 1.807) is 62.8 Å². The summed E-state index contributed by atoms with van der Waals surface area (Å²) in [5.74, 6) is 1.11. The second-order valence-electron chi connectivity index (χ2n) is 7.53. The van der Waals surface area contributed by atoms with Crippen LogP contribution in [0.1, 0.15) is 27.0 Å². The zero-order valence-corrected chi connectivity index (χ0v) is 19.7. The molecule has 33 heavy (non-hydrogen) atoms. The Labute approximate surface area is 194 Å². The van der Waals surface area contributed by atoms with Gasteiger partial charge in [0.25, 0.3) is 5.91 Å². The van der Waals surface area contributed by atoms with Crippen LogP contribution in [0.2, 0.25) is 0 Å². The van der Waals surface area contributed by atoms with Crippen LogP contribution < -0.4 is 19.5 Å². The van der Waals surface area contributed by atoms with Crippen LogP contribution in [0.15, 0.2) is 71.6 Å². The van der Waals surface area contributed by atoms with Gasteiger partial charge in [-0.25, -0.2) is 13.1 Å². The number of sulfonamides is 1. The van der Waals surface area contributed by atoms with E-state index in [1.807, 2.05) is 25.1 Å². The zero-order chi connectivity index (χ0) is 23.8. The number of carbonyl (C=O) groups excluding carboxylic acids is 1. The quantitative estimate of drug-likeness (QED) is 0.475. The Kier molecular flexibility index (Phi) is 8.08. The van der Waals surface area contributed by atoms with E-state index in [-0.39, 0.29) is 17.3 Å². The average molecular weight is 469 g/mol. The van der Waals surface area contributed by atoms with Crippen LogP contribution in [0, 0.1) is 6.92 Å². The Morgan fingerprint density at radius 1 is 0.848 bits per heavy atom. The predicted octanol–water partition coefficient (Wildman–Crippen LogP) is 3.46. The smallest absolute Gasteiger partial charge is 0.251 e. The van der Waals surface area contributed by atoms with Crippen molar-refractivity contribution < 1.29 is 22.7 Å². The van der Waals surface area contributed by atoms with E-state index in [2.05, 4.69) is 10.0 Å². The molecule has 0 bridgehead atoms. The molecule has 8 heteroatoms. The van der Waals surface area contributed by atoms with Crippen LogP contribution in [-0.2, 0) is 23.0 Å². The molecule has 2 N–H and O–H groups in total. The summed E-state index contributed by atoms with van der Waals surface area (Å²) in [7, 11) is -0.426. The number of aryl methyl sites for hydroxylation is 1. The Balaban J connectivity index is 1.51. The van der Waals surface area contributed by atoms with E-state index in [4.69, 9.17) is 9.47 Å². The monoisotopic (exact) mass is 468 g/mol. The first kappa shape index (κ1) is 24.3. The van der Waals surface area contributed by atoms with E-state index in [0.29, 0.717) is 30.0 Å². The number of rotatable bonds is 10. The third-order valence-corrected chi connectivity index (χ3v) is 6.58. The molecule has 0 fully saturated rings. The molecule has 0 aromatic heterocycles. The number of carbonyl (C=O) groups is 1. The summed E-state index contributed by atoms with van der Waals surface area (Å²) >= 11 is 0. The molecule has 0 aliphatic carbocycles. The lowest BCUT2D eigenvalue weighted by Crippen LogP contribution is -2.26. The van der Waals surface area contributed by atoms with E-state index in [0.717, 1.165) is 16.7 Å². The summed E-state index contributed by atoms with van der Waals surface area (Å²) in [6, 6.07) is 19.2. The number of hydrogen-bond donors (Lipinski definition) is 2. The number of ether oxygens (including phenoxy) is 2. The van der Waals surface area contributed by atoms with E-state index in [9.17, 15) is 13.2 Å². The molecule has 0 heterocycles. The van der Waals surface area contributed by atoms with Crippen LogP contribution in [0.3, 0.4) is 0 Å². The van der Waals surface area contributed by atoms with Crippen LogP contribution >= 0.6 is 0 Å². The molecule has 0 saturated carbocycles. The summed E-state index contributed by atoms with van der Waals surface area (Å²) in [4.78, 5) is 12.7. The summed E-state index contributed by atoms with van der Waals surface area (Å²) in [6.45, 7) is 2.50. The molecule has 0 radical (unpaired) electrons. The average Bonchev–Trinajstić information content (AvgIpc) is 2.83. The maximum atomic E-state index is 12.4. The summed E-state index contributed by atoms with van der Waals surface area (Å²) in [6.07, 6.45) is 0.644. The molecule has 3 aromatic rings. The summed E-state index contributed by atoms with van der Waals surface area (Å²) in [5, 5.41) is 2.89. The molecule has 0 atom stereocenters. The lowest BCUT2D eigenvalue weighted by Gasteiger charge is -2.10. The van der Waals surface area contributed by atoms with Crippen molar-refractivity contribution in [2.24, 2.45) is 0 Å². The molecule has 0 unspecified atom stereocenters. The van der Waals surface area contributed by atoms with Crippen molar-refractivity contribution in [3.63, 3.8) is 0 Å². The summed E-state index contributed by atoms with van der Waals surface area (Å²) < 4.78 is 37.9. The maximum Gasteiger partial charge on any atom is 0.251 e. The Hall–Kier alpha value is -3.36. The normalized spacial score (nSPS) is 11.1. The fourth-order valence-corrected chi connectivity index (χ4v) is 4.23. The Morgan fingerprint density at radius 3 is 2.12 bits per heavy atom. The first-order chi connectivity index (χ1) is 15.8. The van der Waals surface area contributed by atoms with Crippen LogP contribution in [0.4, 0.5) is 0 Å². The van der Waals surface area contributed by atoms with Gasteiger partial charge in [-0.15, -0.1) is 0 Å². The number of nitrogens with one attached hydrogen (secondary N) is 2. The van der Waals surface area contributed by atoms with E-state index in [1.165, 1.54) is 0 Å². The molecule has 174 valence electrons. The molecular weight excluding hydrogens is 440 g/mol. The first-order valence-electron chi connectivity index (χ1n) is 10.5. The molecule has 0 aliphatic heterocycles. The van der Waals surface area contributed by atoms with Crippen molar-refractivity contribution in [2.75, 3.05) is 20.8 Å². The first-order valence-corrected chi connectivity index (χ1v) is 11.9. The minimum absolute atomic E-state index is 0.136. The van der Waals surface area contributed by atoms with Crippen LogP contribution in [0.25, 0.3) is 0 Å². The fourth-order valence-electron chi connectivity index (χ4n) is 3.21. The van der Waals surface area contributed by atoms with Gasteiger partial charge < -0.3 is 14.8 Å². The second kappa shape index (κ2) is 11.0. The second-order valence-corrected chi connectivity index (χ2v) is 9.30. The number of hydrogen-bond acceptors (Lipinski definition) is 5. The SMILES string of the molecule is COc1ccc(CCNC(=O)c2ccc(CNS(=O)(=O)c3ccc(C)cc3)cc2)cc1OC. The number of amides is 1. The van der Waals surface area contributed by atoms with Crippen molar-refractivity contribution in [1.29, 1.82) is 0 Å². The van der Waals surface area contributed by atoms with Gasteiger partial charge in [0.2, 0.25) is 10.0 Å². The largest absolute Gasteiger partial charge is 0.493 e. The molecule has 7 nitrogen and oxygen atoms in total. The van der Waals surface area contributed by atoms with Crippen molar-refractivity contribution in [3.8, 4) is 11.5 Å². The molecule has 3 rings (SSSR count). The number of benzene rings is 3. The van der Waals surface area contributed by atoms with Gasteiger partial charge in [0, 0.05) is 18.7 Å². The highest BCUT2D eigenvalue weighted by Crippen LogP contribution is 2.27. The van der Waals surface area contributed by atoms with Gasteiger partial charge >= 0.3 is 0 Å². The van der Waals surface area contributed by atoms with Crippen molar-refractivity contribution >= 4 is 15.9 Å². The molecule has 1 amide bonds. The van der Waals surface area contributed by atoms with Gasteiger partial charge in [-0.1, -0.05) is 35.9 Å². The van der Waals surface area contributed by atoms with E-state index >= 15 is 0 Å². The standard InChI is InChI=1S/C25H28N2O5S/c1-18-4-11-22(12-5-18)33(29,30)27-17-20-6-9-21(10-7-20)25(28)26-15-14-19-8-13-23(31-2)24(16-19)32-3/h4-13,16,27H,14-15,17H2,1-3H3,(H,26,28). The minimum atomic E-state index is -3.60. The lowest BCUT2D eigenvalue weighted by molar-refractivity contribution is 0.0954. The lowest BCUT2D eigenvalue weighted by atomic mass is 10.1. The Bertz CT molecular complexity index is 1190. The van der Waals surface area contributed by atoms with Crippen molar-refractivity contribution in [2.45, 2.75) is 24.8 Å². The van der Waals surface area contributed by atoms with Gasteiger partial charge in [-0.2, -0.15) is 0 Å². The van der Waals surface area contributed by atoms with E-state index < -0.39 is 10.0 Å². The van der Waals surface area contributed by atoms with Crippen molar-refractivity contribution in [3.05, 3.63) is 89.0 Å². The minimum Gasteiger partial charge on any atom is -0.493 e. The van der Waals surface area contributed by atoms with Crippen LogP contribution in [0.5, 0.6) is 11.5 Å². The fraction of sp³-hybridized carbons (Fsp3) is 0.240. The molecule has 0 spiro atoms. The predicted molar refractivity (Wildman–Crippen MR) is 127 cm³/mol. The third kappa shape index (κ3) is 6.57. The summed E-state index contributed by atoms with van der Waals surface area (Å²) in [5.41, 5.74) is 3.27. The van der Waals surface area contributed by atoms with Gasteiger partial charge in [0.15, 0.2) is 11.5 Å². The number of methoxy groups -OCH3 is 2. The molecule has 3 aromatic carbocycles. The van der Waals surface area contributed by atoms with Gasteiger partial charge in [-0.3, -0.25) is 4.79 Å². The third-order valence-electron chi connectivity index (χ3n) is 5.16. The highest BCUT2D eigenvalue weighted by molar-refractivity contribution is 7.89. The highest BCUT2D eigenvalue weighted by atomic mass is 32.2. The molecule has 0 aliphatic rings. The van der Waals surface area contributed by atoms with Gasteiger partial charge in [-0.05, 0) is 60.9 Å². The topological polar surface area (TPSA) is 93.7 Å². The van der Waals surface area contributed by atoms with Crippen LogP contribution in [-0.4, -0.2) is 35.1 Å².